The number of aryl methyl sites for hydroxylation is 1. The van der Waals surface area contributed by atoms with Crippen LogP contribution in [-0.2, 0) is 0 Å². The third-order valence-corrected chi connectivity index (χ3v) is 3.85. The van der Waals surface area contributed by atoms with Gasteiger partial charge in [0.1, 0.15) is 0 Å². The molecule has 0 bridgehead atoms. The van der Waals surface area contributed by atoms with E-state index in [1.165, 1.54) is 11.9 Å². The van der Waals surface area contributed by atoms with Gasteiger partial charge in [-0.1, -0.05) is 24.3 Å². The second kappa shape index (κ2) is 4.38. The van der Waals surface area contributed by atoms with Crippen molar-refractivity contribution in [1.82, 2.24) is 0 Å². The minimum Gasteiger partial charge on any atom is -0.306 e. The molecule has 0 aliphatic carbocycles. The summed E-state index contributed by atoms with van der Waals surface area (Å²) in [4.78, 5) is 13.1. The van der Waals surface area contributed by atoms with Gasteiger partial charge in [-0.15, -0.1) is 0 Å². The van der Waals surface area contributed by atoms with E-state index in [-0.39, 0.29) is 6.03 Å². The molecule has 1 N–H and O–H groups in total. The van der Waals surface area contributed by atoms with Gasteiger partial charge in [0.2, 0.25) is 0 Å². The van der Waals surface area contributed by atoms with Gasteiger partial charge in [-0.25, -0.2) is 9.10 Å². The fourth-order valence-corrected chi connectivity index (χ4v) is 2.78. The quantitative estimate of drug-likeness (QED) is 0.780. The van der Waals surface area contributed by atoms with Crippen molar-refractivity contribution in [1.29, 1.82) is 0 Å². The third kappa shape index (κ3) is 1.95. The van der Waals surface area contributed by atoms with Crippen molar-refractivity contribution in [3.63, 3.8) is 0 Å². The van der Waals surface area contributed by atoms with Crippen molar-refractivity contribution in [3.05, 3.63) is 54.1 Å². The van der Waals surface area contributed by atoms with Gasteiger partial charge in [-0.05, 0) is 48.7 Å². The van der Waals surface area contributed by atoms with Gasteiger partial charge in [0.25, 0.3) is 0 Å². The first-order chi connectivity index (χ1) is 8.74. The van der Waals surface area contributed by atoms with Crippen LogP contribution in [-0.4, -0.2) is 6.03 Å². The number of anilines is 2. The first-order valence-corrected chi connectivity index (χ1v) is 6.46. The Morgan fingerprint density at radius 1 is 1.11 bits per heavy atom. The molecule has 2 amide bonds. The van der Waals surface area contributed by atoms with Gasteiger partial charge in [-0.3, -0.25) is 0 Å². The average molecular weight is 256 g/mol. The molecule has 0 aromatic heterocycles. The molecule has 4 heteroatoms. The Morgan fingerprint density at radius 3 is 2.78 bits per heavy atom. The number of hydrogen-bond acceptors (Lipinski definition) is 2. The van der Waals surface area contributed by atoms with Crippen molar-refractivity contribution < 1.29 is 4.79 Å². The summed E-state index contributed by atoms with van der Waals surface area (Å²) in [5.74, 6) is 0. The Morgan fingerprint density at radius 2 is 1.94 bits per heavy atom. The highest BCUT2D eigenvalue weighted by molar-refractivity contribution is 8.01. The van der Waals surface area contributed by atoms with Crippen LogP contribution in [0.5, 0.6) is 0 Å². The summed E-state index contributed by atoms with van der Waals surface area (Å²) in [5, 5.41) is 2.89. The molecule has 3 rings (SSSR count). The van der Waals surface area contributed by atoms with Crippen LogP contribution >= 0.6 is 11.9 Å². The summed E-state index contributed by atoms with van der Waals surface area (Å²) in [5.41, 5.74) is 2.91. The highest BCUT2D eigenvalue weighted by atomic mass is 32.2. The molecule has 3 nitrogen and oxygen atoms in total. The van der Waals surface area contributed by atoms with Gasteiger partial charge in [0, 0.05) is 0 Å². The highest BCUT2D eigenvalue weighted by Gasteiger charge is 2.24. The van der Waals surface area contributed by atoms with Crippen LogP contribution in [0.4, 0.5) is 16.2 Å². The van der Waals surface area contributed by atoms with E-state index in [9.17, 15) is 4.79 Å². The number of rotatable bonds is 1. The summed E-state index contributed by atoms with van der Waals surface area (Å²) < 4.78 is 1.68. The standard InChI is InChI=1S/C14H12N2OS/c1-10-5-4-6-11(9-10)16-14(17)15-12-7-2-3-8-13(12)18-16/h2-9H,1H3,(H,15,17). The largest absolute Gasteiger partial charge is 0.336 e. The zero-order valence-electron chi connectivity index (χ0n) is 9.88. The molecule has 0 saturated carbocycles. The first kappa shape index (κ1) is 11.2. The van der Waals surface area contributed by atoms with E-state index in [0.717, 1.165) is 21.8 Å². The number of benzene rings is 2. The lowest BCUT2D eigenvalue weighted by molar-refractivity contribution is 0.260. The van der Waals surface area contributed by atoms with E-state index in [1.807, 2.05) is 55.5 Å². The van der Waals surface area contributed by atoms with Crippen LogP contribution in [0.3, 0.4) is 0 Å². The maximum Gasteiger partial charge on any atom is 0.336 e. The van der Waals surface area contributed by atoms with Crippen LogP contribution in [0.15, 0.2) is 53.4 Å². The van der Waals surface area contributed by atoms with Crippen LogP contribution in [0.25, 0.3) is 0 Å². The van der Waals surface area contributed by atoms with Gasteiger partial charge in [0.15, 0.2) is 0 Å². The number of fused-ring (bicyclic) bond motifs is 1. The van der Waals surface area contributed by atoms with Crippen molar-refractivity contribution in [2.75, 3.05) is 9.62 Å². The van der Waals surface area contributed by atoms with Crippen molar-refractivity contribution in [2.24, 2.45) is 0 Å². The number of hydrogen-bond donors (Lipinski definition) is 1. The predicted molar refractivity (Wildman–Crippen MR) is 75.0 cm³/mol. The van der Waals surface area contributed by atoms with E-state index in [1.54, 1.807) is 4.31 Å². The molecule has 0 radical (unpaired) electrons. The average Bonchev–Trinajstić information content (AvgIpc) is 2.38. The topological polar surface area (TPSA) is 32.3 Å². The normalized spacial score (nSPS) is 14.1. The SMILES string of the molecule is Cc1cccc(N2Sc3ccccc3NC2=O)c1. The highest BCUT2D eigenvalue weighted by Crippen LogP contribution is 2.37. The van der Waals surface area contributed by atoms with E-state index in [2.05, 4.69) is 5.32 Å². The smallest absolute Gasteiger partial charge is 0.306 e. The Balaban J connectivity index is 1.98. The number of carbonyl (C=O) groups is 1. The second-order valence-electron chi connectivity index (χ2n) is 4.15. The van der Waals surface area contributed by atoms with Crippen LogP contribution < -0.4 is 9.62 Å². The predicted octanol–water partition coefficient (Wildman–Crippen LogP) is 4.05. The summed E-state index contributed by atoms with van der Waals surface area (Å²) in [6, 6.07) is 15.6. The Bertz CT molecular complexity index is 612. The molecule has 1 aliphatic heterocycles. The monoisotopic (exact) mass is 256 g/mol. The number of para-hydroxylation sites is 1. The zero-order chi connectivity index (χ0) is 12.5. The minimum atomic E-state index is -0.107. The molecule has 2 aromatic rings. The molecule has 0 fully saturated rings. The van der Waals surface area contributed by atoms with E-state index < -0.39 is 0 Å². The molecule has 2 aromatic carbocycles. The van der Waals surface area contributed by atoms with Crippen molar-refractivity contribution >= 4 is 29.4 Å². The number of urea groups is 1. The molecule has 1 heterocycles. The first-order valence-electron chi connectivity index (χ1n) is 5.69. The molecule has 1 aliphatic rings. The van der Waals surface area contributed by atoms with E-state index in [4.69, 9.17) is 0 Å². The van der Waals surface area contributed by atoms with Gasteiger partial charge >= 0.3 is 6.03 Å². The maximum absolute atomic E-state index is 12.1. The molecule has 0 saturated heterocycles. The number of nitrogens with zero attached hydrogens (tertiary/aromatic N) is 1. The van der Waals surface area contributed by atoms with Crippen molar-refractivity contribution in [2.45, 2.75) is 11.8 Å². The Labute approximate surface area is 110 Å². The molecule has 18 heavy (non-hydrogen) atoms. The number of nitrogens with one attached hydrogen (secondary N) is 1. The van der Waals surface area contributed by atoms with Crippen molar-refractivity contribution in [3.8, 4) is 0 Å². The molecule has 0 spiro atoms. The third-order valence-electron chi connectivity index (χ3n) is 2.74. The summed E-state index contributed by atoms with van der Waals surface area (Å²) in [7, 11) is 0. The van der Waals surface area contributed by atoms with E-state index in [0.29, 0.717) is 0 Å². The number of amides is 2. The zero-order valence-corrected chi connectivity index (χ0v) is 10.7. The van der Waals surface area contributed by atoms with Crippen LogP contribution in [0.2, 0.25) is 0 Å². The van der Waals surface area contributed by atoms with Gasteiger partial charge in [-0.2, -0.15) is 0 Å². The lowest BCUT2D eigenvalue weighted by Gasteiger charge is -2.27. The minimum absolute atomic E-state index is 0.107. The summed E-state index contributed by atoms with van der Waals surface area (Å²) >= 11 is 1.45. The Kier molecular flexibility index (Phi) is 2.72. The van der Waals surface area contributed by atoms with Gasteiger partial charge < -0.3 is 5.32 Å². The van der Waals surface area contributed by atoms with Crippen LogP contribution in [0, 0.1) is 6.92 Å². The molecular weight excluding hydrogens is 244 g/mol. The van der Waals surface area contributed by atoms with Crippen LogP contribution in [0.1, 0.15) is 5.56 Å². The summed E-state index contributed by atoms with van der Waals surface area (Å²) in [6.45, 7) is 2.02. The fraction of sp³-hybridized carbons (Fsp3) is 0.0714. The van der Waals surface area contributed by atoms with Gasteiger partial charge in [0.05, 0.1) is 16.3 Å². The fourth-order valence-electron chi connectivity index (χ4n) is 1.88. The number of carbonyl (C=O) groups excluding carboxylic acids is 1. The molecule has 90 valence electrons. The lowest BCUT2D eigenvalue weighted by Crippen LogP contribution is -2.32. The second-order valence-corrected chi connectivity index (χ2v) is 5.14. The Hall–Kier alpha value is -1.94. The summed E-state index contributed by atoms with van der Waals surface area (Å²) in [6.07, 6.45) is 0. The van der Waals surface area contributed by atoms with E-state index >= 15 is 0 Å². The molecule has 0 unspecified atom stereocenters. The molecular formula is C14H12N2OS. The lowest BCUT2D eigenvalue weighted by atomic mass is 10.2. The molecule has 0 atom stereocenters. The maximum atomic E-state index is 12.1.